The van der Waals surface area contributed by atoms with Gasteiger partial charge in [-0.3, -0.25) is 14.5 Å². The third-order valence-electron chi connectivity index (χ3n) is 5.97. The summed E-state index contributed by atoms with van der Waals surface area (Å²) in [5.74, 6) is 0.346. The molecule has 1 aromatic heterocycles. The molecule has 0 N–H and O–H groups in total. The van der Waals surface area contributed by atoms with Crippen LogP contribution in [0.3, 0.4) is 0 Å². The smallest absolute Gasteiger partial charge is 0.260 e. The lowest BCUT2D eigenvalue weighted by Crippen LogP contribution is -2.40. The highest BCUT2D eigenvalue weighted by molar-refractivity contribution is 5.95. The predicted octanol–water partition coefficient (Wildman–Crippen LogP) is 3.19. The highest BCUT2D eigenvalue weighted by Crippen LogP contribution is 2.18. The van der Waals surface area contributed by atoms with Gasteiger partial charge in [0.25, 0.3) is 5.91 Å². The topological polar surface area (TPSA) is 64.0 Å². The number of nitrogens with zero attached hydrogens (tertiary/aromatic N) is 3. The second kappa shape index (κ2) is 12.3. The first-order valence-corrected chi connectivity index (χ1v) is 11.7. The van der Waals surface area contributed by atoms with Crippen molar-refractivity contribution in [2.45, 2.75) is 27.0 Å². The molecule has 1 aromatic carbocycles. The lowest BCUT2D eigenvalue weighted by molar-refractivity contribution is 0.0361. The van der Waals surface area contributed by atoms with Crippen LogP contribution in [0.5, 0.6) is 5.75 Å². The van der Waals surface area contributed by atoms with Crippen molar-refractivity contribution in [1.82, 2.24) is 14.4 Å². The number of hydrogen-bond acceptors (Lipinski definition) is 5. The van der Waals surface area contributed by atoms with Crippen LogP contribution in [-0.4, -0.2) is 66.2 Å². The highest BCUT2D eigenvalue weighted by Gasteiger charge is 2.25. The zero-order chi connectivity index (χ0) is 24.5. The lowest BCUT2D eigenvalue weighted by atomic mass is 10.1. The molecule has 7 heteroatoms. The van der Waals surface area contributed by atoms with Gasteiger partial charge in [-0.2, -0.15) is 0 Å². The highest BCUT2D eigenvalue weighted by atomic mass is 16.5. The Balaban J connectivity index is 1.99. The number of ether oxygens (including phenoxy) is 2. The molecule has 0 unspecified atom stereocenters. The number of rotatable bonds is 11. The average molecular weight is 466 g/mol. The molecule has 0 aliphatic carbocycles. The van der Waals surface area contributed by atoms with E-state index in [1.165, 1.54) is 0 Å². The van der Waals surface area contributed by atoms with Gasteiger partial charge in [0.1, 0.15) is 17.9 Å². The second-order valence-corrected chi connectivity index (χ2v) is 8.47. The van der Waals surface area contributed by atoms with Crippen LogP contribution < -0.4 is 10.2 Å². The van der Waals surface area contributed by atoms with Gasteiger partial charge in [0, 0.05) is 51.0 Å². The van der Waals surface area contributed by atoms with Crippen LogP contribution in [0.15, 0.2) is 60.4 Å². The molecule has 1 amide bonds. The molecule has 34 heavy (non-hydrogen) atoms. The van der Waals surface area contributed by atoms with Crippen molar-refractivity contribution >= 4 is 5.91 Å². The van der Waals surface area contributed by atoms with E-state index in [0.29, 0.717) is 44.3 Å². The maximum atomic E-state index is 13.5. The molecule has 0 saturated carbocycles. The van der Waals surface area contributed by atoms with Crippen molar-refractivity contribution in [3.05, 3.63) is 88.4 Å². The summed E-state index contributed by atoms with van der Waals surface area (Å²) in [6.45, 7) is 16.8. The van der Waals surface area contributed by atoms with E-state index in [-0.39, 0.29) is 23.5 Å². The molecular formula is C27H35N3O4. The fraction of sp³-hybridized carbons (Fsp3) is 0.407. The van der Waals surface area contributed by atoms with Crippen molar-refractivity contribution < 1.29 is 14.3 Å². The van der Waals surface area contributed by atoms with Crippen LogP contribution in [-0.2, 0) is 17.9 Å². The van der Waals surface area contributed by atoms with Gasteiger partial charge in [0.2, 0.25) is 0 Å². The van der Waals surface area contributed by atoms with Gasteiger partial charge in [-0.05, 0) is 26.0 Å². The van der Waals surface area contributed by atoms with Crippen molar-refractivity contribution in [3.8, 4) is 5.75 Å². The Morgan fingerprint density at radius 3 is 2.35 bits per heavy atom. The normalized spacial score (nSPS) is 13.9. The summed E-state index contributed by atoms with van der Waals surface area (Å²) in [4.78, 5) is 30.6. The number of aryl methyl sites for hydroxylation is 2. The molecule has 1 aliphatic rings. The first kappa shape index (κ1) is 25.5. The Morgan fingerprint density at radius 1 is 1.09 bits per heavy atom. The molecule has 182 valence electrons. The summed E-state index contributed by atoms with van der Waals surface area (Å²) in [5.41, 5.74) is 2.36. The molecule has 7 nitrogen and oxygen atoms in total. The third kappa shape index (κ3) is 6.46. The molecule has 1 fully saturated rings. The van der Waals surface area contributed by atoms with Gasteiger partial charge in [-0.1, -0.05) is 29.8 Å². The molecule has 1 saturated heterocycles. The monoisotopic (exact) mass is 465 g/mol. The Kier molecular flexibility index (Phi) is 9.24. The molecule has 0 radical (unpaired) electrons. The minimum absolute atomic E-state index is 0.111. The van der Waals surface area contributed by atoms with Crippen LogP contribution in [0.4, 0.5) is 0 Å². The molecule has 0 atom stereocenters. The standard InChI is InChI=1S/C27H35N3O4/c1-5-11-29(12-6-2)27(32)26-24(20-34-23-9-7-21(3)8-10-23)30(22(4)19-25(26)31)14-13-28-15-17-33-18-16-28/h5-10,19H,1-2,11-18,20H2,3-4H3. The number of carbonyl (C=O) groups excluding carboxylic acids is 1. The van der Waals surface area contributed by atoms with Gasteiger partial charge in [-0.15, -0.1) is 13.2 Å². The summed E-state index contributed by atoms with van der Waals surface area (Å²) >= 11 is 0. The number of aromatic nitrogens is 1. The number of benzene rings is 1. The molecule has 0 spiro atoms. The number of hydrogen-bond donors (Lipinski definition) is 0. The van der Waals surface area contributed by atoms with Crippen LogP contribution in [0.2, 0.25) is 0 Å². The van der Waals surface area contributed by atoms with Crippen LogP contribution in [0.1, 0.15) is 27.3 Å². The van der Waals surface area contributed by atoms with Crippen LogP contribution in [0.25, 0.3) is 0 Å². The quantitative estimate of drug-likeness (QED) is 0.477. The van der Waals surface area contributed by atoms with Gasteiger partial charge in [-0.25, -0.2) is 0 Å². The second-order valence-electron chi connectivity index (χ2n) is 8.47. The molecule has 1 aliphatic heterocycles. The minimum Gasteiger partial charge on any atom is -0.487 e. The molecule has 2 heterocycles. The Morgan fingerprint density at radius 2 is 1.74 bits per heavy atom. The summed E-state index contributed by atoms with van der Waals surface area (Å²) < 4.78 is 13.6. The van der Waals surface area contributed by atoms with Gasteiger partial charge in [0.05, 0.1) is 18.9 Å². The van der Waals surface area contributed by atoms with Crippen molar-refractivity contribution in [1.29, 1.82) is 0 Å². The van der Waals surface area contributed by atoms with E-state index in [1.807, 2.05) is 42.7 Å². The first-order chi connectivity index (χ1) is 16.4. The summed E-state index contributed by atoms with van der Waals surface area (Å²) in [5, 5.41) is 0. The first-order valence-electron chi connectivity index (χ1n) is 11.7. The minimum atomic E-state index is -0.340. The number of carbonyl (C=O) groups is 1. The zero-order valence-electron chi connectivity index (χ0n) is 20.3. The SMILES string of the molecule is C=CCN(CC=C)C(=O)c1c(COc2ccc(C)cc2)n(CCN2CCOCC2)c(C)cc1=O. The van der Waals surface area contributed by atoms with Gasteiger partial charge < -0.3 is 18.9 Å². The molecular weight excluding hydrogens is 430 g/mol. The van der Waals surface area contributed by atoms with E-state index in [2.05, 4.69) is 18.1 Å². The molecule has 0 bridgehead atoms. The predicted molar refractivity (Wildman–Crippen MR) is 135 cm³/mol. The van der Waals surface area contributed by atoms with E-state index in [9.17, 15) is 9.59 Å². The van der Waals surface area contributed by atoms with Crippen LogP contribution in [0, 0.1) is 13.8 Å². The Bertz CT molecular complexity index is 1040. The van der Waals surface area contributed by atoms with E-state index >= 15 is 0 Å². The van der Waals surface area contributed by atoms with E-state index in [1.54, 1.807) is 23.1 Å². The number of pyridine rings is 1. The van der Waals surface area contributed by atoms with E-state index < -0.39 is 0 Å². The van der Waals surface area contributed by atoms with Crippen LogP contribution >= 0.6 is 0 Å². The lowest BCUT2D eigenvalue weighted by Gasteiger charge is -2.29. The van der Waals surface area contributed by atoms with Gasteiger partial charge in [0.15, 0.2) is 5.43 Å². The summed E-state index contributed by atoms with van der Waals surface area (Å²) in [6.07, 6.45) is 3.30. The van der Waals surface area contributed by atoms with E-state index in [4.69, 9.17) is 9.47 Å². The summed E-state index contributed by atoms with van der Waals surface area (Å²) in [6, 6.07) is 9.27. The van der Waals surface area contributed by atoms with Crippen molar-refractivity contribution in [2.24, 2.45) is 0 Å². The zero-order valence-corrected chi connectivity index (χ0v) is 20.3. The number of amides is 1. The Hall–Kier alpha value is -3.16. The third-order valence-corrected chi connectivity index (χ3v) is 5.97. The molecule has 3 rings (SSSR count). The number of morpholine rings is 1. The van der Waals surface area contributed by atoms with Crippen molar-refractivity contribution in [3.63, 3.8) is 0 Å². The molecule has 2 aromatic rings. The van der Waals surface area contributed by atoms with Gasteiger partial charge >= 0.3 is 0 Å². The fourth-order valence-electron chi connectivity index (χ4n) is 4.08. The van der Waals surface area contributed by atoms with E-state index in [0.717, 1.165) is 30.9 Å². The largest absolute Gasteiger partial charge is 0.487 e. The fourth-order valence-corrected chi connectivity index (χ4v) is 4.08. The summed E-state index contributed by atoms with van der Waals surface area (Å²) in [7, 11) is 0. The maximum Gasteiger partial charge on any atom is 0.260 e. The van der Waals surface area contributed by atoms with Crippen molar-refractivity contribution in [2.75, 3.05) is 45.9 Å². The Labute approximate surface area is 201 Å². The maximum absolute atomic E-state index is 13.5. The average Bonchev–Trinajstić information content (AvgIpc) is 2.83.